The summed E-state index contributed by atoms with van der Waals surface area (Å²) in [5.41, 5.74) is 4.02. The van der Waals surface area contributed by atoms with Crippen LogP contribution in [0.25, 0.3) is 11.6 Å². The maximum Gasteiger partial charge on any atom is 0.150 e. The molecule has 0 unspecified atom stereocenters. The Balaban J connectivity index is 2.30. The standard InChI is InChI=1S/C18H18O/c1-14(2)16-10-8-15(9-11-16)12-18(13-19)17-6-4-3-5-7-17/h3-14H,1-2H3/b18-12-. The van der Waals surface area contributed by atoms with E-state index in [4.69, 9.17) is 0 Å². The second-order valence-electron chi connectivity index (χ2n) is 4.90. The Kier molecular flexibility index (Phi) is 4.30. The number of hydrogen-bond donors (Lipinski definition) is 0. The highest BCUT2D eigenvalue weighted by Gasteiger charge is 2.01. The van der Waals surface area contributed by atoms with Gasteiger partial charge in [0.25, 0.3) is 0 Å². The van der Waals surface area contributed by atoms with Crippen LogP contribution >= 0.6 is 0 Å². The molecule has 2 aromatic rings. The van der Waals surface area contributed by atoms with Crippen LogP contribution in [0.2, 0.25) is 0 Å². The number of rotatable bonds is 4. The van der Waals surface area contributed by atoms with Gasteiger partial charge in [-0.25, -0.2) is 0 Å². The first-order chi connectivity index (χ1) is 9.20. The first-order valence-electron chi connectivity index (χ1n) is 6.53. The van der Waals surface area contributed by atoms with Gasteiger partial charge in [-0.3, -0.25) is 4.79 Å². The van der Waals surface area contributed by atoms with Crippen molar-refractivity contribution in [3.8, 4) is 0 Å². The van der Waals surface area contributed by atoms with Crippen LogP contribution in [0.4, 0.5) is 0 Å². The van der Waals surface area contributed by atoms with Crippen molar-refractivity contribution in [2.45, 2.75) is 19.8 Å². The fourth-order valence-electron chi connectivity index (χ4n) is 1.97. The quantitative estimate of drug-likeness (QED) is 0.442. The van der Waals surface area contributed by atoms with Crippen LogP contribution < -0.4 is 0 Å². The lowest BCUT2D eigenvalue weighted by atomic mass is 10.00. The highest BCUT2D eigenvalue weighted by atomic mass is 16.1. The molecule has 0 heterocycles. The predicted octanol–water partition coefficient (Wildman–Crippen LogP) is 4.55. The topological polar surface area (TPSA) is 17.1 Å². The van der Waals surface area contributed by atoms with E-state index in [9.17, 15) is 4.79 Å². The van der Waals surface area contributed by atoms with E-state index in [1.165, 1.54) is 5.56 Å². The minimum atomic E-state index is 0.526. The molecule has 0 saturated heterocycles. The third-order valence-corrected chi connectivity index (χ3v) is 3.16. The fraction of sp³-hybridized carbons (Fsp3) is 0.167. The lowest BCUT2D eigenvalue weighted by Gasteiger charge is -2.05. The second kappa shape index (κ2) is 6.14. The summed E-state index contributed by atoms with van der Waals surface area (Å²) in [7, 11) is 0. The number of carbonyl (C=O) groups excluding carboxylic acids is 1. The van der Waals surface area contributed by atoms with Crippen molar-refractivity contribution in [3.05, 3.63) is 71.3 Å². The minimum Gasteiger partial charge on any atom is -0.298 e. The SMILES string of the molecule is CC(C)c1ccc(/C=C(/C=O)c2ccccc2)cc1. The number of benzene rings is 2. The molecule has 0 aliphatic carbocycles. The molecule has 0 radical (unpaired) electrons. The maximum absolute atomic E-state index is 11.2. The smallest absolute Gasteiger partial charge is 0.150 e. The van der Waals surface area contributed by atoms with E-state index in [0.29, 0.717) is 11.5 Å². The molecule has 0 atom stereocenters. The summed E-state index contributed by atoms with van der Waals surface area (Å²) in [6, 6.07) is 18.1. The van der Waals surface area contributed by atoms with Gasteiger partial charge >= 0.3 is 0 Å². The third-order valence-electron chi connectivity index (χ3n) is 3.16. The summed E-state index contributed by atoms with van der Waals surface area (Å²) < 4.78 is 0. The number of allylic oxidation sites excluding steroid dienone is 1. The molecular formula is C18H18O. The minimum absolute atomic E-state index is 0.526. The van der Waals surface area contributed by atoms with Gasteiger partial charge in [0.2, 0.25) is 0 Å². The van der Waals surface area contributed by atoms with E-state index >= 15 is 0 Å². The van der Waals surface area contributed by atoms with Crippen molar-refractivity contribution >= 4 is 17.9 Å². The Morgan fingerprint density at radius 3 is 2.11 bits per heavy atom. The second-order valence-corrected chi connectivity index (χ2v) is 4.90. The molecule has 0 bridgehead atoms. The van der Waals surface area contributed by atoms with Crippen molar-refractivity contribution in [2.75, 3.05) is 0 Å². The average Bonchev–Trinajstić information content (AvgIpc) is 2.46. The van der Waals surface area contributed by atoms with Gasteiger partial charge in [0.1, 0.15) is 0 Å². The summed E-state index contributed by atoms with van der Waals surface area (Å²) in [6.07, 6.45) is 2.83. The van der Waals surface area contributed by atoms with Gasteiger partial charge < -0.3 is 0 Å². The molecule has 19 heavy (non-hydrogen) atoms. The first-order valence-corrected chi connectivity index (χ1v) is 6.53. The highest BCUT2D eigenvalue weighted by molar-refractivity contribution is 6.13. The summed E-state index contributed by atoms with van der Waals surface area (Å²) >= 11 is 0. The van der Waals surface area contributed by atoms with Crippen molar-refractivity contribution in [3.63, 3.8) is 0 Å². The number of carbonyl (C=O) groups is 1. The third kappa shape index (κ3) is 3.41. The molecule has 0 spiro atoms. The summed E-state index contributed by atoms with van der Waals surface area (Å²) in [5, 5.41) is 0. The van der Waals surface area contributed by atoms with Gasteiger partial charge in [-0.1, -0.05) is 68.4 Å². The molecule has 1 heteroatoms. The van der Waals surface area contributed by atoms with E-state index in [1.807, 2.05) is 36.4 Å². The lowest BCUT2D eigenvalue weighted by Crippen LogP contribution is -1.88. The maximum atomic E-state index is 11.2. The Morgan fingerprint density at radius 2 is 1.58 bits per heavy atom. The average molecular weight is 250 g/mol. The monoisotopic (exact) mass is 250 g/mol. The molecular weight excluding hydrogens is 232 g/mol. The first kappa shape index (κ1) is 13.3. The van der Waals surface area contributed by atoms with E-state index in [0.717, 1.165) is 17.4 Å². The largest absolute Gasteiger partial charge is 0.298 e. The van der Waals surface area contributed by atoms with Crippen molar-refractivity contribution in [1.82, 2.24) is 0 Å². The van der Waals surface area contributed by atoms with Crippen molar-refractivity contribution in [2.24, 2.45) is 0 Å². The summed E-state index contributed by atoms with van der Waals surface area (Å²) in [4.78, 5) is 11.2. The fourth-order valence-corrected chi connectivity index (χ4v) is 1.97. The molecule has 2 rings (SSSR count). The molecule has 0 fully saturated rings. The van der Waals surface area contributed by atoms with Crippen molar-refractivity contribution < 1.29 is 4.79 Å². The van der Waals surface area contributed by atoms with E-state index in [-0.39, 0.29) is 0 Å². The zero-order chi connectivity index (χ0) is 13.7. The van der Waals surface area contributed by atoms with Crippen LogP contribution in [0, 0.1) is 0 Å². The number of hydrogen-bond acceptors (Lipinski definition) is 1. The lowest BCUT2D eigenvalue weighted by molar-refractivity contribution is -0.103. The Labute approximate surface area is 114 Å². The Bertz CT molecular complexity index is 562. The van der Waals surface area contributed by atoms with Gasteiger partial charge in [0.05, 0.1) is 0 Å². The number of aldehydes is 1. The van der Waals surface area contributed by atoms with Crippen LogP contribution in [-0.2, 0) is 4.79 Å². The molecule has 0 aliphatic rings. The molecule has 0 N–H and O–H groups in total. The predicted molar refractivity (Wildman–Crippen MR) is 80.9 cm³/mol. The van der Waals surface area contributed by atoms with Gasteiger partial charge in [-0.2, -0.15) is 0 Å². The zero-order valence-electron chi connectivity index (χ0n) is 11.3. The van der Waals surface area contributed by atoms with Crippen molar-refractivity contribution in [1.29, 1.82) is 0 Å². The van der Waals surface area contributed by atoms with Gasteiger partial charge in [0.15, 0.2) is 6.29 Å². The van der Waals surface area contributed by atoms with Gasteiger partial charge in [-0.05, 0) is 28.7 Å². The molecule has 0 amide bonds. The molecule has 2 aromatic carbocycles. The van der Waals surface area contributed by atoms with E-state index < -0.39 is 0 Å². The summed E-state index contributed by atoms with van der Waals surface area (Å²) in [6.45, 7) is 4.34. The van der Waals surface area contributed by atoms with Crippen LogP contribution in [0.15, 0.2) is 54.6 Å². The zero-order valence-corrected chi connectivity index (χ0v) is 11.3. The van der Waals surface area contributed by atoms with E-state index in [1.54, 1.807) is 0 Å². The van der Waals surface area contributed by atoms with Crippen LogP contribution in [-0.4, -0.2) is 6.29 Å². The van der Waals surface area contributed by atoms with Crippen LogP contribution in [0.5, 0.6) is 0 Å². The molecule has 1 nitrogen and oxygen atoms in total. The van der Waals surface area contributed by atoms with Crippen LogP contribution in [0.3, 0.4) is 0 Å². The van der Waals surface area contributed by atoms with Gasteiger partial charge in [0, 0.05) is 5.57 Å². The Hall–Kier alpha value is -2.15. The molecule has 0 aliphatic heterocycles. The summed E-state index contributed by atoms with van der Waals surface area (Å²) in [5.74, 6) is 0.526. The van der Waals surface area contributed by atoms with Crippen LogP contribution in [0.1, 0.15) is 36.5 Å². The highest BCUT2D eigenvalue weighted by Crippen LogP contribution is 2.19. The Morgan fingerprint density at radius 1 is 0.947 bits per heavy atom. The van der Waals surface area contributed by atoms with Gasteiger partial charge in [-0.15, -0.1) is 0 Å². The molecule has 0 aromatic heterocycles. The normalized spacial score (nSPS) is 11.6. The molecule has 96 valence electrons. The molecule has 0 saturated carbocycles. The van der Waals surface area contributed by atoms with E-state index in [2.05, 4.69) is 38.1 Å².